The van der Waals surface area contributed by atoms with Gasteiger partial charge in [0, 0.05) is 5.56 Å². The molecule has 2 rings (SSSR count). The van der Waals surface area contributed by atoms with Crippen LogP contribution in [0.5, 0.6) is 0 Å². The van der Waals surface area contributed by atoms with E-state index in [4.69, 9.17) is 17.0 Å². The van der Waals surface area contributed by atoms with Gasteiger partial charge >= 0.3 is 0 Å². The van der Waals surface area contributed by atoms with Crippen LogP contribution in [0.15, 0.2) is 63.9 Å². The second-order valence-corrected chi connectivity index (χ2v) is 6.69. The summed E-state index contributed by atoms with van der Waals surface area (Å²) < 4.78 is 33.7. The molecule has 0 saturated heterocycles. The molecule has 0 amide bonds. The van der Waals surface area contributed by atoms with Crippen molar-refractivity contribution >= 4 is 33.3 Å². The monoisotopic (exact) mass is 348 g/mol. The van der Waals surface area contributed by atoms with E-state index in [9.17, 15) is 8.42 Å². The number of rotatable bonds is 3. The minimum absolute atomic E-state index is 0.0340. The maximum Gasteiger partial charge on any atom is 0.284 e. The predicted octanol–water partition coefficient (Wildman–Crippen LogP) is 2.65. The number of hydrogen-bond acceptors (Lipinski definition) is 4. The van der Waals surface area contributed by atoms with Gasteiger partial charge in [-0.2, -0.15) is 8.42 Å². The topological polar surface area (TPSA) is 67.8 Å². The molecule has 0 heterocycles. The average Bonchev–Trinajstić information content (AvgIpc) is 2.55. The lowest BCUT2D eigenvalue weighted by Crippen LogP contribution is -2.31. The minimum Gasteiger partial charge on any atom is -0.474 e. The Morgan fingerprint density at radius 3 is 2.26 bits per heavy atom. The first kappa shape index (κ1) is 17.1. The fourth-order valence-corrected chi connectivity index (χ4v) is 2.85. The van der Waals surface area contributed by atoms with E-state index in [1.807, 2.05) is 13.0 Å². The van der Waals surface area contributed by atoms with Gasteiger partial charge < -0.3 is 10.1 Å². The zero-order valence-corrected chi connectivity index (χ0v) is 14.3. The first-order chi connectivity index (χ1) is 10.9. The molecule has 7 heteroatoms. The Balaban J connectivity index is 2.47. The summed E-state index contributed by atoms with van der Waals surface area (Å²) in [7, 11) is -2.47. The number of hydrogen-bond donors (Lipinski definition) is 1. The van der Waals surface area contributed by atoms with E-state index < -0.39 is 10.0 Å². The summed E-state index contributed by atoms with van der Waals surface area (Å²) in [6.07, 6.45) is 0. The molecule has 2 aromatic rings. The summed E-state index contributed by atoms with van der Waals surface area (Å²) in [5, 5.41) is 2.73. The van der Waals surface area contributed by atoms with Crippen molar-refractivity contribution in [3.8, 4) is 0 Å². The molecule has 0 spiro atoms. The van der Waals surface area contributed by atoms with Gasteiger partial charge in [-0.15, -0.1) is 4.40 Å². The van der Waals surface area contributed by atoms with Gasteiger partial charge in [-0.3, -0.25) is 0 Å². The molecule has 0 aliphatic rings. The van der Waals surface area contributed by atoms with Crippen molar-refractivity contribution in [2.75, 3.05) is 7.11 Å². The summed E-state index contributed by atoms with van der Waals surface area (Å²) >= 11 is 4.95. The zero-order valence-electron chi connectivity index (χ0n) is 12.7. The number of amidine groups is 1. The smallest absolute Gasteiger partial charge is 0.284 e. The number of benzene rings is 2. The van der Waals surface area contributed by atoms with Crippen LogP contribution in [-0.4, -0.2) is 26.5 Å². The normalized spacial score (nSPS) is 11.8. The van der Waals surface area contributed by atoms with E-state index in [0.717, 1.165) is 5.56 Å². The standard InChI is InChI=1S/C16H16N2O3S2/c1-12-8-10-14(11-9-12)23(19,20)18-15(17-16(22)21-2)13-6-4-3-5-7-13/h3-11H,1-2H3,(H,17,18,22). The third kappa shape index (κ3) is 4.61. The molecular formula is C16H16N2O3S2. The van der Waals surface area contributed by atoms with Crippen LogP contribution in [0.25, 0.3) is 0 Å². The van der Waals surface area contributed by atoms with Crippen LogP contribution < -0.4 is 5.32 Å². The van der Waals surface area contributed by atoms with Crippen LogP contribution in [0.2, 0.25) is 0 Å². The fraction of sp³-hybridized carbons (Fsp3) is 0.125. The average molecular weight is 348 g/mol. The van der Waals surface area contributed by atoms with Crippen molar-refractivity contribution in [2.45, 2.75) is 11.8 Å². The Morgan fingerprint density at radius 2 is 1.70 bits per heavy atom. The number of methoxy groups -OCH3 is 1. The molecule has 0 fully saturated rings. The number of thiocarbonyl (C=S) groups is 1. The highest BCUT2D eigenvalue weighted by Gasteiger charge is 2.16. The summed E-state index contributed by atoms with van der Waals surface area (Å²) in [6, 6.07) is 15.3. The van der Waals surface area contributed by atoms with Gasteiger partial charge in [0.15, 0.2) is 5.84 Å². The number of ether oxygens (including phenoxy) is 1. The Kier molecular flexibility index (Phi) is 5.46. The molecule has 120 valence electrons. The first-order valence-corrected chi connectivity index (χ1v) is 8.59. The highest BCUT2D eigenvalue weighted by atomic mass is 32.2. The Morgan fingerprint density at radius 1 is 1.09 bits per heavy atom. The summed E-state index contributed by atoms with van der Waals surface area (Å²) in [6.45, 7) is 1.88. The molecule has 0 unspecified atom stereocenters. The SMILES string of the molecule is COC(=S)N/C(=N/S(=O)(=O)c1ccc(C)cc1)c1ccccc1. The van der Waals surface area contributed by atoms with Crippen LogP contribution in [0.4, 0.5) is 0 Å². The van der Waals surface area contributed by atoms with Gasteiger partial charge in [-0.05, 0) is 31.3 Å². The van der Waals surface area contributed by atoms with Crippen LogP contribution in [-0.2, 0) is 14.8 Å². The van der Waals surface area contributed by atoms with Crippen molar-refractivity contribution < 1.29 is 13.2 Å². The minimum atomic E-state index is -3.87. The van der Waals surface area contributed by atoms with Gasteiger partial charge in [0.2, 0.25) is 0 Å². The molecule has 0 saturated carbocycles. The third-order valence-electron chi connectivity index (χ3n) is 2.98. The van der Waals surface area contributed by atoms with Gasteiger partial charge in [0.1, 0.15) is 0 Å². The number of nitrogens with zero attached hydrogens (tertiary/aromatic N) is 1. The van der Waals surface area contributed by atoms with Crippen LogP contribution in [0, 0.1) is 6.92 Å². The molecule has 0 aliphatic carbocycles. The van der Waals surface area contributed by atoms with Crippen LogP contribution >= 0.6 is 12.2 Å². The number of aryl methyl sites for hydroxylation is 1. The number of sulfonamides is 1. The first-order valence-electron chi connectivity index (χ1n) is 6.74. The quantitative estimate of drug-likeness (QED) is 0.525. The second kappa shape index (κ2) is 7.34. The molecule has 0 radical (unpaired) electrons. The molecule has 1 N–H and O–H groups in total. The van der Waals surface area contributed by atoms with Crippen LogP contribution in [0.1, 0.15) is 11.1 Å². The van der Waals surface area contributed by atoms with E-state index in [2.05, 4.69) is 9.71 Å². The lowest BCUT2D eigenvalue weighted by atomic mass is 10.2. The lowest BCUT2D eigenvalue weighted by Gasteiger charge is -2.10. The second-order valence-electron chi connectivity index (χ2n) is 4.71. The van der Waals surface area contributed by atoms with Crippen molar-refractivity contribution in [2.24, 2.45) is 4.40 Å². The predicted molar refractivity (Wildman–Crippen MR) is 94.1 cm³/mol. The largest absolute Gasteiger partial charge is 0.474 e. The van der Waals surface area contributed by atoms with Crippen LogP contribution in [0.3, 0.4) is 0 Å². The molecule has 5 nitrogen and oxygen atoms in total. The molecule has 0 aliphatic heterocycles. The maximum absolute atomic E-state index is 12.5. The van der Waals surface area contributed by atoms with Gasteiger partial charge in [-0.1, -0.05) is 48.0 Å². The molecule has 0 atom stereocenters. The summed E-state index contributed by atoms with van der Waals surface area (Å²) in [5.41, 5.74) is 1.55. The van der Waals surface area contributed by atoms with Crippen molar-refractivity contribution in [1.29, 1.82) is 0 Å². The van der Waals surface area contributed by atoms with Crippen molar-refractivity contribution in [3.63, 3.8) is 0 Å². The fourth-order valence-electron chi connectivity index (χ4n) is 1.77. The Labute approximate surface area is 141 Å². The molecule has 0 aromatic heterocycles. The Hall–Kier alpha value is -2.25. The van der Waals surface area contributed by atoms with Gasteiger partial charge in [0.05, 0.1) is 12.0 Å². The van der Waals surface area contributed by atoms with Crippen molar-refractivity contribution in [1.82, 2.24) is 5.32 Å². The van der Waals surface area contributed by atoms with Gasteiger partial charge in [-0.25, -0.2) is 0 Å². The molecular weight excluding hydrogens is 332 g/mol. The lowest BCUT2D eigenvalue weighted by molar-refractivity contribution is 0.402. The summed E-state index contributed by atoms with van der Waals surface area (Å²) in [5.74, 6) is 0.109. The Bertz CT molecular complexity index is 814. The number of nitrogens with one attached hydrogen (secondary N) is 1. The maximum atomic E-state index is 12.5. The molecule has 0 bridgehead atoms. The summed E-state index contributed by atoms with van der Waals surface area (Å²) in [4.78, 5) is 0.113. The third-order valence-corrected chi connectivity index (χ3v) is 4.54. The van der Waals surface area contributed by atoms with E-state index >= 15 is 0 Å². The van der Waals surface area contributed by atoms with E-state index in [-0.39, 0.29) is 15.9 Å². The zero-order chi connectivity index (χ0) is 16.9. The molecule has 23 heavy (non-hydrogen) atoms. The van der Waals surface area contributed by atoms with E-state index in [0.29, 0.717) is 5.56 Å². The van der Waals surface area contributed by atoms with Crippen molar-refractivity contribution in [3.05, 3.63) is 65.7 Å². The molecule has 2 aromatic carbocycles. The highest BCUT2D eigenvalue weighted by Crippen LogP contribution is 2.14. The van der Waals surface area contributed by atoms with E-state index in [1.165, 1.54) is 19.2 Å². The highest BCUT2D eigenvalue weighted by molar-refractivity contribution is 7.90. The van der Waals surface area contributed by atoms with Gasteiger partial charge in [0.25, 0.3) is 15.2 Å². The van der Waals surface area contributed by atoms with E-state index in [1.54, 1.807) is 36.4 Å².